The SMILES string of the molecule is Cc1cc(C)cc(-n2c(SCc3ccccc3C)nc3ccccc3c2=O)c1. The smallest absolute Gasteiger partial charge is 0.266 e. The van der Waals surface area contributed by atoms with Crippen LogP contribution in [0.4, 0.5) is 0 Å². The van der Waals surface area contributed by atoms with Crippen molar-refractivity contribution < 1.29 is 0 Å². The summed E-state index contributed by atoms with van der Waals surface area (Å²) in [6.45, 7) is 6.22. The van der Waals surface area contributed by atoms with Crippen molar-refractivity contribution in [1.29, 1.82) is 0 Å². The second-order valence-corrected chi connectivity index (χ2v) is 8.06. The molecule has 1 heterocycles. The van der Waals surface area contributed by atoms with Crippen LogP contribution in [0.1, 0.15) is 22.3 Å². The molecule has 0 spiro atoms. The van der Waals surface area contributed by atoms with Crippen molar-refractivity contribution in [3.8, 4) is 5.69 Å². The molecule has 0 amide bonds. The van der Waals surface area contributed by atoms with Gasteiger partial charge in [-0.15, -0.1) is 0 Å². The van der Waals surface area contributed by atoms with E-state index in [1.165, 1.54) is 11.1 Å². The number of thioether (sulfide) groups is 1. The Bertz CT molecular complexity index is 1210. The number of hydrogen-bond donors (Lipinski definition) is 0. The van der Waals surface area contributed by atoms with E-state index in [2.05, 4.69) is 39.0 Å². The van der Waals surface area contributed by atoms with Crippen LogP contribution in [0, 0.1) is 20.8 Å². The lowest BCUT2D eigenvalue weighted by atomic mass is 10.1. The van der Waals surface area contributed by atoms with E-state index in [1.807, 2.05) is 48.5 Å². The summed E-state index contributed by atoms with van der Waals surface area (Å²) in [6.07, 6.45) is 0. The molecule has 1 aromatic heterocycles. The monoisotopic (exact) mass is 386 g/mol. The molecule has 0 aliphatic carbocycles. The maximum atomic E-state index is 13.4. The van der Waals surface area contributed by atoms with E-state index in [0.29, 0.717) is 5.39 Å². The Balaban J connectivity index is 1.88. The normalized spacial score (nSPS) is 11.1. The van der Waals surface area contributed by atoms with Gasteiger partial charge in [-0.3, -0.25) is 9.36 Å². The summed E-state index contributed by atoms with van der Waals surface area (Å²) >= 11 is 1.60. The Hall–Kier alpha value is -2.85. The molecule has 3 nitrogen and oxygen atoms in total. The van der Waals surface area contributed by atoms with E-state index >= 15 is 0 Å². The van der Waals surface area contributed by atoms with Gasteiger partial charge in [-0.1, -0.05) is 54.2 Å². The van der Waals surface area contributed by atoms with Crippen molar-refractivity contribution in [3.05, 3.63) is 99.3 Å². The van der Waals surface area contributed by atoms with Crippen LogP contribution in [-0.2, 0) is 5.75 Å². The molecule has 4 aromatic rings. The van der Waals surface area contributed by atoms with E-state index in [-0.39, 0.29) is 5.56 Å². The second kappa shape index (κ2) is 7.64. The summed E-state index contributed by atoms with van der Waals surface area (Å²) in [5.41, 5.74) is 6.34. The maximum absolute atomic E-state index is 13.4. The highest BCUT2D eigenvalue weighted by Gasteiger charge is 2.14. The summed E-state index contributed by atoms with van der Waals surface area (Å²) in [7, 11) is 0. The molecule has 28 heavy (non-hydrogen) atoms. The summed E-state index contributed by atoms with van der Waals surface area (Å²) in [5, 5.41) is 1.36. The van der Waals surface area contributed by atoms with Crippen molar-refractivity contribution in [2.24, 2.45) is 0 Å². The summed E-state index contributed by atoms with van der Waals surface area (Å²) < 4.78 is 1.76. The van der Waals surface area contributed by atoms with Gasteiger partial charge in [-0.2, -0.15) is 0 Å². The summed E-state index contributed by atoms with van der Waals surface area (Å²) in [6, 6.07) is 22.1. The molecular weight excluding hydrogens is 364 g/mol. The van der Waals surface area contributed by atoms with Crippen LogP contribution < -0.4 is 5.56 Å². The molecule has 4 rings (SSSR count). The van der Waals surface area contributed by atoms with E-state index in [9.17, 15) is 4.79 Å². The highest BCUT2D eigenvalue weighted by Crippen LogP contribution is 2.26. The lowest BCUT2D eigenvalue weighted by molar-refractivity contribution is 0.818. The molecule has 0 unspecified atom stereocenters. The van der Waals surface area contributed by atoms with Crippen LogP contribution in [0.15, 0.2) is 76.7 Å². The zero-order valence-corrected chi connectivity index (χ0v) is 17.1. The number of benzene rings is 3. The van der Waals surface area contributed by atoms with Crippen molar-refractivity contribution in [1.82, 2.24) is 9.55 Å². The van der Waals surface area contributed by atoms with Gasteiger partial charge in [-0.25, -0.2) is 4.98 Å². The van der Waals surface area contributed by atoms with Crippen LogP contribution in [0.2, 0.25) is 0 Å². The minimum absolute atomic E-state index is 0.0251. The third-order valence-corrected chi connectivity index (χ3v) is 5.82. The van der Waals surface area contributed by atoms with Gasteiger partial charge in [0.05, 0.1) is 16.6 Å². The Morgan fingerprint density at radius 1 is 0.893 bits per heavy atom. The first-order chi connectivity index (χ1) is 13.5. The maximum Gasteiger partial charge on any atom is 0.266 e. The first kappa shape index (κ1) is 18.5. The zero-order chi connectivity index (χ0) is 19.7. The number of hydrogen-bond acceptors (Lipinski definition) is 3. The average molecular weight is 387 g/mol. The minimum Gasteiger partial charge on any atom is -0.268 e. The van der Waals surface area contributed by atoms with Crippen LogP contribution in [-0.4, -0.2) is 9.55 Å². The van der Waals surface area contributed by atoms with Crippen LogP contribution in [0.3, 0.4) is 0 Å². The first-order valence-electron chi connectivity index (χ1n) is 9.31. The molecule has 4 heteroatoms. The van der Waals surface area contributed by atoms with Gasteiger partial charge in [0.1, 0.15) is 0 Å². The highest BCUT2D eigenvalue weighted by molar-refractivity contribution is 7.98. The Morgan fingerprint density at radius 2 is 1.57 bits per heavy atom. The molecule has 0 aliphatic rings. The topological polar surface area (TPSA) is 34.9 Å². The number of aryl methyl sites for hydroxylation is 3. The van der Waals surface area contributed by atoms with Gasteiger partial charge in [-0.05, 0) is 67.3 Å². The zero-order valence-electron chi connectivity index (χ0n) is 16.3. The van der Waals surface area contributed by atoms with Gasteiger partial charge in [0.25, 0.3) is 5.56 Å². The predicted molar refractivity (Wildman–Crippen MR) is 118 cm³/mol. The molecule has 0 saturated heterocycles. The fraction of sp³-hybridized carbons (Fsp3) is 0.167. The fourth-order valence-corrected chi connectivity index (χ4v) is 4.52. The lowest BCUT2D eigenvalue weighted by Crippen LogP contribution is -2.22. The van der Waals surface area contributed by atoms with E-state index in [1.54, 1.807) is 16.3 Å². The number of para-hydroxylation sites is 1. The van der Waals surface area contributed by atoms with Crippen LogP contribution in [0.25, 0.3) is 16.6 Å². The Morgan fingerprint density at radius 3 is 2.32 bits per heavy atom. The van der Waals surface area contributed by atoms with Gasteiger partial charge < -0.3 is 0 Å². The van der Waals surface area contributed by atoms with Crippen LogP contribution >= 0.6 is 11.8 Å². The van der Waals surface area contributed by atoms with Crippen molar-refractivity contribution in [2.45, 2.75) is 31.7 Å². The average Bonchev–Trinajstić information content (AvgIpc) is 2.66. The van der Waals surface area contributed by atoms with Gasteiger partial charge in [0, 0.05) is 5.75 Å². The van der Waals surface area contributed by atoms with Crippen molar-refractivity contribution in [2.75, 3.05) is 0 Å². The fourth-order valence-electron chi connectivity index (χ4n) is 3.43. The second-order valence-electron chi connectivity index (χ2n) is 7.11. The molecule has 0 N–H and O–H groups in total. The molecule has 0 radical (unpaired) electrons. The lowest BCUT2D eigenvalue weighted by Gasteiger charge is -2.15. The Kier molecular flexibility index (Phi) is 5.05. The third kappa shape index (κ3) is 3.60. The van der Waals surface area contributed by atoms with E-state index < -0.39 is 0 Å². The molecule has 0 bridgehead atoms. The molecule has 0 fully saturated rings. The van der Waals surface area contributed by atoms with E-state index in [4.69, 9.17) is 4.98 Å². The first-order valence-corrected chi connectivity index (χ1v) is 10.3. The predicted octanol–water partition coefficient (Wildman–Crippen LogP) is 5.60. The van der Waals surface area contributed by atoms with Gasteiger partial charge >= 0.3 is 0 Å². The number of nitrogens with zero attached hydrogens (tertiary/aromatic N) is 2. The van der Waals surface area contributed by atoms with E-state index in [0.717, 1.165) is 33.2 Å². The van der Waals surface area contributed by atoms with Crippen molar-refractivity contribution in [3.63, 3.8) is 0 Å². The quantitative estimate of drug-likeness (QED) is 0.338. The van der Waals surface area contributed by atoms with Crippen molar-refractivity contribution >= 4 is 22.7 Å². The standard InChI is InChI=1S/C24H22N2OS/c1-16-12-17(2)14-20(13-16)26-23(27)21-10-6-7-11-22(21)25-24(26)28-15-19-9-5-4-8-18(19)3/h4-14H,15H2,1-3H3. The summed E-state index contributed by atoms with van der Waals surface area (Å²) in [4.78, 5) is 18.2. The molecule has 0 atom stereocenters. The Labute approximate surface area is 169 Å². The molecule has 0 aliphatic heterocycles. The van der Waals surface area contributed by atoms with Gasteiger partial charge in [0.2, 0.25) is 0 Å². The third-order valence-electron chi connectivity index (χ3n) is 4.83. The minimum atomic E-state index is -0.0251. The van der Waals surface area contributed by atoms with Crippen LogP contribution in [0.5, 0.6) is 0 Å². The molecule has 140 valence electrons. The van der Waals surface area contributed by atoms with Gasteiger partial charge in [0.15, 0.2) is 5.16 Å². The molecule has 3 aromatic carbocycles. The number of rotatable bonds is 4. The largest absolute Gasteiger partial charge is 0.268 e. The summed E-state index contributed by atoms with van der Waals surface area (Å²) in [5.74, 6) is 0.766. The molecular formula is C24H22N2OS. The highest BCUT2D eigenvalue weighted by atomic mass is 32.2. The number of fused-ring (bicyclic) bond motifs is 1. The molecule has 0 saturated carbocycles. The number of aromatic nitrogens is 2.